The molecule has 17 heavy (non-hydrogen) atoms. The smallest absolute Gasteiger partial charge is 0.271 e. The number of halogens is 2. The predicted molar refractivity (Wildman–Crippen MR) is 55.5 cm³/mol. The van der Waals surface area contributed by atoms with Crippen molar-refractivity contribution in [2.75, 3.05) is 13.3 Å². The summed E-state index contributed by atoms with van der Waals surface area (Å²) in [5, 5.41) is 0. The molecule has 1 aliphatic rings. The average molecular weight is 243 g/mol. The van der Waals surface area contributed by atoms with Crippen LogP contribution in [0.5, 0.6) is 11.5 Å². The van der Waals surface area contributed by atoms with E-state index in [4.69, 9.17) is 15.2 Å². The first-order chi connectivity index (χ1) is 7.93. The zero-order valence-electron chi connectivity index (χ0n) is 9.13. The van der Waals surface area contributed by atoms with E-state index < -0.39 is 17.3 Å². The summed E-state index contributed by atoms with van der Waals surface area (Å²) >= 11 is 0. The van der Waals surface area contributed by atoms with Gasteiger partial charge in [0.2, 0.25) is 6.79 Å². The van der Waals surface area contributed by atoms with Crippen LogP contribution < -0.4 is 15.2 Å². The lowest BCUT2D eigenvalue weighted by molar-refractivity contribution is 0.0163. The molecule has 6 heteroatoms. The van der Waals surface area contributed by atoms with E-state index in [2.05, 4.69) is 0 Å². The fourth-order valence-corrected chi connectivity index (χ4v) is 1.65. The monoisotopic (exact) mass is 243 g/mol. The van der Waals surface area contributed by atoms with Crippen molar-refractivity contribution >= 4 is 5.78 Å². The Hall–Kier alpha value is -1.69. The number of alkyl halides is 2. The molecule has 0 spiro atoms. The van der Waals surface area contributed by atoms with E-state index in [9.17, 15) is 13.6 Å². The number of nitrogens with two attached hydrogens (primary N) is 1. The Balaban J connectivity index is 2.59. The van der Waals surface area contributed by atoms with Gasteiger partial charge in [0.1, 0.15) is 0 Å². The summed E-state index contributed by atoms with van der Waals surface area (Å²) < 4.78 is 36.8. The second-order valence-electron chi connectivity index (χ2n) is 3.77. The van der Waals surface area contributed by atoms with Gasteiger partial charge in [-0.05, 0) is 12.1 Å². The number of ether oxygens (including phenoxy) is 2. The van der Waals surface area contributed by atoms with Gasteiger partial charge in [0.25, 0.3) is 5.92 Å². The van der Waals surface area contributed by atoms with Crippen LogP contribution in [0.1, 0.15) is 22.8 Å². The maximum atomic E-state index is 13.4. The molecule has 0 saturated carbocycles. The summed E-state index contributed by atoms with van der Waals surface area (Å²) in [6.45, 7) is 0.352. The third-order valence-electron chi connectivity index (χ3n) is 2.47. The van der Waals surface area contributed by atoms with Crippen molar-refractivity contribution in [2.24, 2.45) is 5.73 Å². The van der Waals surface area contributed by atoms with Crippen molar-refractivity contribution in [3.63, 3.8) is 0 Å². The molecule has 2 rings (SSSR count). The molecule has 0 atom stereocenters. The van der Waals surface area contributed by atoms with Crippen LogP contribution >= 0.6 is 0 Å². The number of ketones is 1. The standard InChI is InChI=1S/C11H11F2NO3/c1-11(12,13)7-3-10-9(16-5-17-10)2-6(7)8(15)4-14/h2-3H,4-5,14H2,1H3. The number of carbonyl (C=O) groups excluding carboxylic acids is 1. The number of hydrogen-bond acceptors (Lipinski definition) is 4. The number of benzene rings is 1. The van der Waals surface area contributed by atoms with Crippen LogP contribution in [0.3, 0.4) is 0 Å². The van der Waals surface area contributed by atoms with E-state index in [1.807, 2.05) is 0 Å². The quantitative estimate of drug-likeness (QED) is 0.820. The minimum Gasteiger partial charge on any atom is -0.454 e. The lowest BCUT2D eigenvalue weighted by atomic mass is 9.98. The molecule has 1 aromatic rings. The van der Waals surface area contributed by atoms with E-state index >= 15 is 0 Å². The third-order valence-corrected chi connectivity index (χ3v) is 2.47. The van der Waals surface area contributed by atoms with Crippen molar-refractivity contribution in [1.29, 1.82) is 0 Å². The highest BCUT2D eigenvalue weighted by Gasteiger charge is 2.32. The van der Waals surface area contributed by atoms with Crippen LogP contribution in [0.4, 0.5) is 8.78 Å². The van der Waals surface area contributed by atoms with E-state index in [1.54, 1.807) is 0 Å². The summed E-state index contributed by atoms with van der Waals surface area (Å²) in [6, 6.07) is 2.38. The van der Waals surface area contributed by atoms with Crippen molar-refractivity contribution in [3.8, 4) is 11.5 Å². The van der Waals surface area contributed by atoms with Crippen molar-refractivity contribution < 1.29 is 23.0 Å². The molecule has 0 unspecified atom stereocenters. The van der Waals surface area contributed by atoms with E-state index in [0.29, 0.717) is 0 Å². The van der Waals surface area contributed by atoms with Gasteiger partial charge in [-0.2, -0.15) is 0 Å². The molecule has 0 bridgehead atoms. The van der Waals surface area contributed by atoms with E-state index in [1.165, 1.54) is 6.07 Å². The molecule has 0 radical (unpaired) electrons. The molecule has 1 heterocycles. The molecule has 0 amide bonds. The molecule has 1 aromatic carbocycles. The molecule has 2 N–H and O–H groups in total. The minimum absolute atomic E-state index is 0.0374. The second kappa shape index (κ2) is 3.96. The average Bonchev–Trinajstić information content (AvgIpc) is 2.72. The Morgan fingerprint density at radius 1 is 1.41 bits per heavy atom. The summed E-state index contributed by atoms with van der Waals surface area (Å²) in [7, 11) is 0. The van der Waals surface area contributed by atoms with E-state index in [0.717, 1.165) is 13.0 Å². The van der Waals surface area contributed by atoms with Gasteiger partial charge in [-0.25, -0.2) is 8.78 Å². The topological polar surface area (TPSA) is 61.6 Å². The molecule has 0 aliphatic carbocycles. The van der Waals surface area contributed by atoms with Crippen molar-refractivity contribution in [3.05, 3.63) is 23.3 Å². The molecule has 0 saturated heterocycles. The SMILES string of the molecule is CC(F)(F)c1cc2c(cc1C(=O)CN)OCO2. The Bertz CT molecular complexity index is 469. The zero-order valence-corrected chi connectivity index (χ0v) is 9.13. The summed E-state index contributed by atoms with van der Waals surface area (Å²) in [6.07, 6.45) is 0. The molecule has 4 nitrogen and oxygen atoms in total. The highest BCUT2D eigenvalue weighted by Crippen LogP contribution is 2.40. The van der Waals surface area contributed by atoms with Gasteiger partial charge in [-0.3, -0.25) is 4.79 Å². The molecular weight excluding hydrogens is 232 g/mol. The molecular formula is C11H11F2NO3. The van der Waals surface area contributed by atoms with Gasteiger partial charge >= 0.3 is 0 Å². The Labute approximate surface area is 96.3 Å². The van der Waals surface area contributed by atoms with Gasteiger partial charge < -0.3 is 15.2 Å². The summed E-state index contributed by atoms with van der Waals surface area (Å²) in [5.74, 6) is -3.19. The molecule has 0 aromatic heterocycles. The lowest BCUT2D eigenvalue weighted by Gasteiger charge is -2.15. The fourth-order valence-electron chi connectivity index (χ4n) is 1.65. The first-order valence-electron chi connectivity index (χ1n) is 4.98. The highest BCUT2D eigenvalue weighted by molar-refractivity contribution is 5.99. The van der Waals surface area contributed by atoms with Crippen LogP contribution in [0.2, 0.25) is 0 Å². The largest absolute Gasteiger partial charge is 0.454 e. The maximum Gasteiger partial charge on any atom is 0.271 e. The summed E-state index contributed by atoms with van der Waals surface area (Å²) in [4.78, 5) is 11.5. The number of fused-ring (bicyclic) bond motifs is 1. The van der Waals surface area contributed by atoms with Crippen LogP contribution in [0.25, 0.3) is 0 Å². The number of hydrogen-bond donors (Lipinski definition) is 1. The molecule has 1 aliphatic heterocycles. The Kier molecular flexibility index (Phi) is 2.74. The van der Waals surface area contributed by atoms with Gasteiger partial charge in [-0.15, -0.1) is 0 Å². The number of carbonyl (C=O) groups is 1. The van der Waals surface area contributed by atoms with Crippen LogP contribution in [-0.2, 0) is 5.92 Å². The van der Waals surface area contributed by atoms with Crippen molar-refractivity contribution in [2.45, 2.75) is 12.8 Å². The first-order valence-corrected chi connectivity index (χ1v) is 4.98. The number of Topliss-reactive ketones (excluding diaryl/α,β-unsaturated/α-hetero) is 1. The molecule has 0 fully saturated rings. The van der Waals surface area contributed by atoms with Crippen molar-refractivity contribution in [1.82, 2.24) is 0 Å². The maximum absolute atomic E-state index is 13.4. The van der Waals surface area contributed by atoms with Crippen LogP contribution in [-0.4, -0.2) is 19.1 Å². The predicted octanol–water partition coefficient (Wildman–Crippen LogP) is 1.67. The van der Waals surface area contributed by atoms with Crippen LogP contribution in [0.15, 0.2) is 12.1 Å². The Morgan fingerprint density at radius 3 is 2.53 bits per heavy atom. The normalized spacial score (nSPS) is 13.9. The Morgan fingerprint density at radius 2 is 2.00 bits per heavy atom. The van der Waals surface area contributed by atoms with Gasteiger partial charge in [0.15, 0.2) is 17.3 Å². The minimum atomic E-state index is -3.14. The lowest BCUT2D eigenvalue weighted by Crippen LogP contribution is -2.19. The second-order valence-corrected chi connectivity index (χ2v) is 3.77. The van der Waals surface area contributed by atoms with E-state index in [-0.39, 0.29) is 30.4 Å². The zero-order chi connectivity index (χ0) is 12.6. The summed E-state index contributed by atoms with van der Waals surface area (Å²) in [5.41, 5.74) is 4.68. The fraction of sp³-hybridized carbons (Fsp3) is 0.364. The first kappa shape index (κ1) is 11.8. The van der Waals surface area contributed by atoms with Gasteiger partial charge in [-0.1, -0.05) is 0 Å². The highest BCUT2D eigenvalue weighted by atomic mass is 19.3. The third kappa shape index (κ3) is 2.08. The van der Waals surface area contributed by atoms with Gasteiger partial charge in [0.05, 0.1) is 6.54 Å². The van der Waals surface area contributed by atoms with Crippen LogP contribution in [0, 0.1) is 0 Å². The van der Waals surface area contributed by atoms with Gasteiger partial charge in [0, 0.05) is 18.1 Å². The molecule has 92 valence electrons. The number of rotatable bonds is 3.